The Morgan fingerprint density at radius 3 is 2.47 bits per heavy atom. The van der Waals surface area contributed by atoms with Crippen LogP contribution < -0.4 is 16.3 Å². The molecule has 0 bridgehead atoms. The van der Waals surface area contributed by atoms with Crippen LogP contribution in [0.1, 0.15) is 24.0 Å². The lowest BCUT2D eigenvalue weighted by Gasteiger charge is -2.27. The molecule has 1 unspecified atom stereocenters. The highest BCUT2D eigenvalue weighted by Gasteiger charge is 2.54. The first-order valence-electron chi connectivity index (χ1n) is 12.2. The van der Waals surface area contributed by atoms with Crippen molar-refractivity contribution in [3.63, 3.8) is 0 Å². The van der Waals surface area contributed by atoms with Gasteiger partial charge in [0, 0.05) is 25.6 Å². The van der Waals surface area contributed by atoms with E-state index in [1.165, 1.54) is 9.47 Å². The Morgan fingerprint density at radius 2 is 1.78 bits per heavy atom. The summed E-state index contributed by atoms with van der Waals surface area (Å²) in [5.74, 6) is -0.622. The highest BCUT2D eigenvalue weighted by molar-refractivity contribution is 6.07. The predicted molar refractivity (Wildman–Crippen MR) is 132 cm³/mol. The monoisotopic (exact) mass is 489 g/mol. The zero-order valence-electron chi connectivity index (χ0n) is 20.0. The minimum Gasteiger partial charge on any atom is -0.376 e. The summed E-state index contributed by atoms with van der Waals surface area (Å²) in [6, 6.07) is 12.5. The molecule has 3 aliphatic rings. The zero-order chi connectivity index (χ0) is 25.0. The van der Waals surface area contributed by atoms with E-state index in [2.05, 4.69) is 10.6 Å². The summed E-state index contributed by atoms with van der Waals surface area (Å²) in [7, 11) is 1.63. The third-order valence-corrected chi connectivity index (χ3v) is 7.47. The van der Waals surface area contributed by atoms with Crippen molar-refractivity contribution < 1.29 is 19.1 Å². The largest absolute Gasteiger partial charge is 0.376 e. The van der Waals surface area contributed by atoms with E-state index >= 15 is 0 Å². The van der Waals surface area contributed by atoms with Gasteiger partial charge < -0.3 is 15.0 Å². The minimum atomic E-state index is -0.916. The third kappa shape index (κ3) is 3.69. The van der Waals surface area contributed by atoms with Crippen molar-refractivity contribution in [3.8, 4) is 0 Å². The van der Waals surface area contributed by atoms with Gasteiger partial charge in [0.1, 0.15) is 12.1 Å². The number of nitrogens with one attached hydrogen (secondary N) is 2. The van der Waals surface area contributed by atoms with Crippen LogP contribution in [0.25, 0.3) is 11.0 Å². The molecule has 1 aromatic heterocycles. The lowest BCUT2D eigenvalue weighted by Crippen LogP contribution is -2.48. The van der Waals surface area contributed by atoms with Crippen LogP contribution in [0.5, 0.6) is 0 Å². The van der Waals surface area contributed by atoms with Crippen molar-refractivity contribution in [1.82, 2.24) is 19.4 Å². The number of benzene rings is 2. The molecule has 2 aliphatic carbocycles. The van der Waals surface area contributed by atoms with Crippen LogP contribution >= 0.6 is 0 Å². The molecule has 2 fully saturated rings. The number of ether oxygens (including phenoxy) is 1. The molecule has 1 atom stereocenters. The van der Waals surface area contributed by atoms with Gasteiger partial charge in [-0.15, -0.1) is 0 Å². The first-order valence-corrected chi connectivity index (χ1v) is 12.2. The maximum Gasteiger partial charge on any atom is 0.329 e. The van der Waals surface area contributed by atoms with E-state index in [9.17, 15) is 19.2 Å². The highest BCUT2D eigenvalue weighted by atomic mass is 16.5. The number of para-hydroxylation sites is 2. The fourth-order valence-corrected chi connectivity index (χ4v) is 5.31. The molecule has 10 nitrogen and oxygen atoms in total. The number of amides is 4. The molecule has 1 saturated heterocycles. The molecule has 10 heteroatoms. The minimum absolute atomic E-state index is 0.128. The molecule has 2 aromatic carbocycles. The molecule has 6 rings (SSSR count). The van der Waals surface area contributed by atoms with Crippen LogP contribution in [0.4, 0.5) is 10.5 Å². The summed E-state index contributed by atoms with van der Waals surface area (Å²) in [5.41, 5.74) is 2.76. The number of rotatable bonds is 7. The predicted octanol–water partition coefficient (Wildman–Crippen LogP) is 1.64. The van der Waals surface area contributed by atoms with Gasteiger partial charge in [-0.2, -0.15) is 0 Å². The fourth-order valence-electron chi connectivity index (χ4n) is 5.31. The number of fused-ring (bicyclic) bond motifs is 2. The number of anilines is 1. The number of imide groups is 1. The van der Waals surface area contributed by atoms with Crippen molar-refractivity contribution in [2.24, 2.45) is 0 Å². The van der Waals surface area contributed by atoms with E-state index in [-0.39, 0.29) is 24.0 Å². The summed E-state index contributed by atoms with van der Waals surface area (Å²) < 4.78 is 8.86. The highest BCUT2D eigenvalue weighted by Crippen LogP contribution is 2.38. The Balaban J connectivity index is 1.19. The Bertz CT molecular complexity index is 1470. The standard InChI is InChI=1S/C26H27N5O5/c1-29-24(34)28-23(33)26(29)13-16-6-7-18(12-17(16)14-26)27-22(32)15-31-21-5-3-2-4-20(21)30(25(31)35)10-11-36-19-8-9-19/h2-7,12,19H,8-11,13-15H2,1H3,(H,27,32)(H,28,33,34). The van der Waals surface area contributed by atoms with Crippen LogP contribution in [0.15, 0.2) is 47.3 Å². The van der Waals surface area contributed by atoms with E-state index in [1.807, 2.05) is 36.4 Å². The first kappa shape index (κ1) is 22.5. The lowest BCUT2D eigenvalue weighted by atomic mass is 9.95. The number of aromatic nitrogens is 2. The maximum atomic E-state index is 13.2. The average molecular weight is 490 g/mol. The SMILES string of the molecule is CN1C(=O)NC(=O)C12Cc1ccc(NC(=O)Cn3c(=O)n(CCOC4CC4)c4ccccc43)cc1C2. The van der Waals surface area contributed by atoms with Crippen LogP contribution in [-0.4, -0.2) is 57.2 Å². The smallest absolute Gasteiger partial charge is 0.329 e. The molecule has 1 spiro atoms. The second kappa shape index (κ2) is 8.34. The van der Waals surface area contributed by atoms with E-state index in [0.717, 1.165) is 29.5 Å². The Kier molecular flexibility index (Phi) is 5.22. The number of imidazole rings is 1. The molecule has 0 radical (unpaired) electrons. The van der Waals surface area contributed by atoms with E-state index < -0.39 is 11.6 Å². The second-order valence-corrected chi connectivity index (χ2v) is 9.81. The van der Waals surface area contributed by atoms with E-state index in [0.29, 0.717) is 43.3 Å². The number of carbonyl (C=O) groups excluding carboxylic acids is 3. The number of hydrogen-bond donors (Lipinski definition) is 2. The maximum absolute atomic E-state index is 13.2. The number of nitrogens with zero attached hydrogens (tertiary/aromatic N) is 3. The van der Waals surface area contributed by atoms with Gasteiger partial charge in [-0.1, -0.05) is 18.2 Å². The molecule has 2 heterocycles. The van der Waals surface area contributed by atoms with Gasteiger partial charge in [0.15, 0.2) is 0 Å². The molecule has 186 valence electrons. The number of urea groups is 1. The summed E-state index contributed by atoms with van der Waals surface area (Å²) in [6.45, 7) is 0.762. The van der Waals surface area contributed by atoms with Crippen LogP contribution in [0, 0.1) is 0 Å². The molecular weight excluding hydrogens is 462 g/mol. The number of hydrogen-bond acceptors (Lipinski definition) is 5. The lowest BCUT2D eigenvalue weighted by molar-refractivity contribution is -0.125. The molecule has 2 N–H and O–H groups in total. The quantitative estimate of drug-likeness (QED) is 0.490. The number of carbonyl (C=O) groups is 3. The summed E-state index contributed by atoms with van der Waals surface area (Å²) >= 11 is 0. The zero-order valence-corrected chi connectivity index (χ0v) is 20.0. The van der Waals surface area contributed by atoms with Gasteiger partial charge in [-0.25, -0.2) is 9.59 Å². The van der Waals surface area contributed by atoms with Gasteiger partial charge in [-0.3, -0.25) is 24.0 Å². The third-order valence-electron chi connectivity index (χ3n) is 7.47. The van der Waals surface area contributed by atoms with Gasteiger partial charge >= 0.3 is 11.7 Å². The molecule has 36 heavy (non-hydrogen) atoms. The van der Waals surface area contributed by atoms with Gasteiger partial charge in [0.2, 0.25) is 5.91 Å². The average Bonchev–Trinajstić information content (AvgIpc) is 3.50. The van der Waals surface area contributed by atoms with Crippen LogP contribution in [0.2, 0.25) is 0 Å². The first-order chi connectivity index (χ1) is 17.4. The van der Waals surface area contributed by atoms with Crippen LogP contribution in [-0.2, 0) is 40.3 Å². The second-order valence-electron chi connectivity index (χ2n) is 9.81. The summed E-state index contributed by atoms with van der Waals surface area (Å²) in [5, 5.41) is 5.27. The molecule has 3 aromatic rings. The normalized spacial score (nSPS) is 20.9. The Morgan fingerprint density at radius 1 is 1.06 bits per heavy atom. The summed E-state index contributed by atoms with van der Waals surface area (Å²) in [6.07, 6.45) is 3.27. The Hall–Kier alpha value is -3.92. The fraction of sp³-hybridized carbons (Fsp3) is 0.385. The van der Waals surface area contributed by atoms with E-state index in [4.69, 9.17) is 4.74 Å². The van der Waals surface area contributed by atoms with Crippen molar-refractivity contribution >= 4 is 34.6 Å². The number of likely N-dealkylation sites (N-methyl/N-ethyl adjacent to an activating group) is 1. The Labute approximate surface area is 206 Å². The van der Waals surface area contributed by atoms with Crippen molar-refractivity contribution in [2.75, 3.05) is 19.0 Å². The van der Waals surface area contributed by atoms with Crippen LogP contribution in [0.3, 0.4) is 0 Å². The molecule has 1 saturated carbocycles. The molecule has 4 amide bonds. The van der Waals surface area contributed by atoms with Crippen molar-refractivity contribution in [3.05, 3.63) is 64.1 Å². The van der Waals surface area contributed by atoms with Crippen molar-refractivity contribution in [2.45, 2.75) is 50.4 Å². The van der Waals surface area contributed by atoms with Gasteiger partial charge in [0.05, 0.1) is 30.3 Å². The molecule has 1 aliphatic heterocycles. The van der Waals surface area contributed by atoms with Gasteiger partial charge in [0.25, 0.3) is 5.91 Å². The topological polar surface area (TPSA) is 115 Å². The van der Waals surface area contributed by atoms with Crippen molar-refractivity contribution in [1.29, 1.82) is 0 Å². The molecular formula is C26H27N5O5. The van der Waals surface area contributed by atoms with Gasteiger partial charge in [-0.05, 0) is 48.2 Å². The van der Waals surface area contributed by atoms with E-state index in [1.54, 1.807) is 17.7 Å². The summed E-state index contributed by atoms with van der Waals surface area (Å²) in [4.78, 5) is 52.1.